The zero-order valence-corrected chi connectivity index (χ0v) is 18.6. The highest BCUT2D eigenvalue weighted by Crippen LogP contribution is 2.55. The fourth-order valence-electron chi connectivity index (χ4n) is 5.99. The third kappa shape index (κ3) is 4.96. The number of alkyl halides is 3. The number of ether oxygens (including phenoxy) is 1. The maximum absolute atomic E-state index is 14.6. The molecule has 184 valence electrons. The van der Waals surface area contributed by atoms with E-state index >= 15 is 0 Å². The van der Waals surface area contributed by atoms with E-state index in [1.807, 2.05) is 19.1 Å². The maximum atomic E-state index is 14.6. The Morgan fingerprint density at radius 2 is 1.65 bits per heavy atom. The molecule has 0 heterocycles. The Hall–Kier alpha value is -2.51. The minimum atomic E-state index is -5.23. The van der Waals surface area contributed by atoms with E-state index in [4.69, 9.17) is 0 Å². The van der Waals surface area contributed by atoms with E-state index in [0.717, 1.165) is 31.0 Å². The minimum absolute atomic E-state index is 0.0191. The van der Waals surface area contributed by atoms with Crippen molar-refractivity contribution in [2.24, 2.45) is 11.8 Å². The normalized spacial score (nSPS) is 24.7. The van der Waals surface area contributed by atoms with Gasteiger partial charge in [0.25, 0.3) is 0 Å². The third-order valence-corrected chi connectivity index (χ3v) is 7.22. The summed E-state index contributed by atoms with van der Waals surface area (Å²) < 4.78 is 99.1. The van der Waals surface area contributed by atoms with E-state index in [0.29, 0.717) is 36.8 Å². The molecule has 4 unspecified atom stereocenters. The van der Waals surface area contributed by atoms with Crippen LogP contribution in [0.2, 0.25) is 0 Å². The van der Waals surface area contributed by atoms with Gasteiger partial charge in [0.15, 0.2) is 11.6 Å². The van der Waals surface area contributed by atoms with Crippen molar-refractivity contribution >= 4 is 0 Å². The van der Waals surface area contributed by atoms with Crippen LogP contribution in [0.3, 0.4) is 0 Å². The molecule has 2 aromatic carbocycles. The Morgan fingerprint density at radius 1 is 0.941 bits per heavy atom. The van der Waals surface area contributed by atoms with Gasteiger partial charge in [-0.25, -0.2) is 17.6 Å². The van der Waals surface area contributed by atoms with Crippen LogP contribution in [0.1, 0.15) is 67.6 Å². The molecular weight excluding hydrogens is 461 g/mol. The van der Waals surface area contributed by atoms with Crippen molar-refractivity contribution in [1.29, 1.82) is 0 Å². The Morgan fingerprint density at radius 3 is 2.29 bits per heavy atom. The molecule has 2 aromatic rings. The van der Waals surface area contributed by atoms with Gasteiger partial charge in [0.2, 0.25) is 5.75 Å². The zero-order chi connectivity index (χ0) is 24.6. The van der Waals surface area contributed by atoms with Crippen molar-refractivity contribution in [3.05, 3.63) is 76.4 Å². The minimum Gasteiger partial charge on any atom is -0.399 e. The number of allylic oxidation sites excluding steroid dienone is 2. The molecule has 0 aliphatic heterocycles. The summed E-state index contributed by atoms with van der Waals surface area (Å²) in [5.41, 5.74) is 1.31. The average Bonchev–Trinajstić information content (AvgIpc) is 2.75. The molecule has 2 aliphatic rings. The molecule has 0 spiro atoms. The van der Waals surface area contributed by atoms with Crippen molar-refractivity contribution in [3.8, 4) is 5.75 Å². The van der Waals surface area contributed by atoms with Crippen molar-refractivity contribution in [2.45, 2.75) is 63.6 Å². The lowest BCUT2D eigenvalue weighted by molar-refractivity contribution is -0.276. The van der Waals surface area contributed by atoms with Gasteiger partial charge in [-0.1, -0.05) is 12.2 Å². The van der Waals surface area contributed by atoms with Crippen LogP contribution in [0.15, 0.2) is 36.4 Å². The molecule has 34 heavy (non-hydrogen) atoms. The maximum Gasteiger partial charge on any atom is 0.573 e. The highest BCUT2D eigenvalue weighted by atomic mass is 19.4. The predicted molar refractivity (Wildman–Crippen MR) is 113 cm³/mol. The Balaban J connectivity index is 1.75. The van der Waals surface area contributed by atoms with Gasteiger partial charge in [-0.05, 0) is 104 Å². The van der Waals surface area contributed by atoms with Gasteiger partial charge in [-0.15, -0.1) is 13.2 Å². The lowest BCUT2D eigenvalue weighted by Crippen LogP contribution is -2.35. The van der Waals surface area contributed by atoms with Crippen LogP contribution in [0, 0.1) is 35.1 Å². The second-order valence-corrected chi connectivity index (χ2v) is 9.14. The molecule has 0 amide bonds. The van der Waals surface area contributed by atoms with Crippen LogP contribution in [-0.2, 0) is 6.42 Å². The molecule has 1 nitrogen and oxygen atoms in total. The molecule has 4 atom stereocenters. The fourth-order valence-corrected chi connectivity index (χ4v) is 5.99. The van der Waals surface area contributed by atoms with Crippen LogP contribution in [0.5, 0.6) is 5.75 Å². The summed E-state index contributed by atoms with van der Waals surface area (Å²) in [6, 6.07) is 4.04. The van der Waals surface area contributed by atoms with Crippen LogP contribution >= 0.6 is 0 Å². The number of rotatable bonds is 5. The quantitative estimate of drug-likeness (QED) is 0.305. The molecule has 0 bridgehead atoms. The molecule has 1 fully saturated rings. The lowest BCUT2D eigenvalue weighted by Gasteiger charge is -2.47. The van der Waals surface area contributed by atoms with Gasteiger partial charge < -0.3 is 4.74 Å². The van der Waals surface area contributed by atoms with Gasteiger partial charge in [0.05, 0.1) is 0 Å². The molecular formula is C26H25F7O. The summed E-state index contributed by atoms with van der Waals surface area (Å²) in [5.74, 6) is -6.28. The predicted octanol–water partition coefficient (Wildman–Crippen LogP) is 8.34. The first-order valence-corrected chi connectivity index (χ1v) is 11.4. The van der Waals surface area contributed by atoms with E-state index in [1.165, 1.54) is 6.07 Å². The number of hydrogen-bond acceptors (Lipinski definition) is 1. The smallest absolute Gasteiger partial charge is 0.399 e. The Bertz CT molecular complexity index is 1050. The van der Waals surface area contributed by atoms with Gasteiger partial charge in [0, 0.05) is 6.07 Å². The summed E-state index contributed by atoms with van der Waals surface area (Å²) in [6.45, 7) is 1.89. The van der Waals surface area contributed by atoms with Crippen LogP contribution in [-0.4, -0.2) is 6.36 Å². The monoisotopic (exact) mass is 486 g/mol. The second kappa shape index (κ2) is 9.62. The van der Waals surface area contributed by atoms with Crippen molar-refractivity contribution in [1.82, 2.24) is 0 Å². The fraction of sp³-hybridized carbons (Fsp3) is 0.462. The first kappa shape index (κ1) is 24.6. The van der Waals surface area contributed by atoms with Gasteiger partial charge in [0.1, 0.15) is 11.6 Å². The van der Waals surface area contributed by atoms with Gasteiger partial charge in [-0.2, -0.15) is 0 Å². The molecule has 0 N–H and O–H groups in total. The number of benzene rings is 2. The largest absolute Gasteiger partial charge is 0.573 e. The Labute approximate surface area is 193 Å². The van der Waals surface area contributed by atoms with E-state index < -0.39 is 35.4 Å². The second-order valence-electron chi connectivity index (χ2n) is 9.14. The molecule has 0 radical (unpaired) electrons. The number of hydrogen-bond donors (Lipinski definition) is 0. The van der Waals surface area contributed by atoms with Crippen LogP contribution in [0.25, 0.3) is 0 Å². The standard InChI is InChI=1S/C26H25F7O/c1-2-3-4-5-14-6-7-17-19(9-8-18-20(17)12-16(27)13-21(18)28)24(14)15-10-22(29)25(23(30)11-15)34-26(31,32)33/h2-3,10-14,17,19,24H,4-9H2,1H3. The molecule has 2 aliphatic carbocycles. The summed E-state index contributed by atoms with van der Waals surface area (Å²) >= 11 is 0. The third-order valence-electron chi connectivity index (χ3n) is 7.22. The first-order valence-electron chi connectivity index (χ1n) is 11.4. The molecule has 1 saturated carbocycles. The Kier molecular flexibility index (Phi) is 6.97. The number of halogens is 7. The lowest BCUT2D eigenvalue weighted by atomic mass is 9.57. The SMILES string of the molecule is CC=CCCC1CCC2c3cc(F)cc(F)c3CCC2C1c1cc(F)c(OC(F)(F)F)c(F)c1. The summed E-state index contributed by atoms with van der Waals surface area (Å²) in [5, 5.41) is 0. The first-order chi connectivity index (χ1) is 16.1. The van der Waals surface area contributed by atoms with E-state index in [9.17, 15) is 30.7 Å². The molecule has 4 rings (SSSR count). The molecule has 8 heteroatoms. The summed E-state index contributed by atoms with van der Waals surface area (Å²) in [6.07, 6.45) is 2.40. The van der Waals surface area contributed by atoms with Crippen molar-refractivity contribution in [3.63, 3.8) is 0 Å². The van der Waals surface area contributed by atoms with E-state index in [2.05, 4.69) is 4.74 Å². The highest BCUT2D eigenvalue weighted by Gasteiger charge is 2.44. The summed E-state index contributed by atoms with van der Waals surface area (Å²) in [4.78, 5) is 0. The molecule has 0 aromatic heterocycles. The van der Waals surface area contributed by atoms with E-state index in [-0.39, 0.29) is 29.2 Å². The summed E-state index contributed by atoms with van der Waals surface area (Å²) in [7, 11) is 0. The van der Waals surface area contributed by atoms with Crippen LogP contribution in [0.4, 0.5) is 30.7 Å². The zero-order valence-electron chi connectivity index (χ0n) is 18.6. The van der Waals surface area contributed by atoms with Gasteiger partial charge in [-0.3, -0.25) is 0 Å². The molecule has 0 saturated heterocycles. The van der Waals surface area contributed by atoms with Crippen molar-refractivity contribution < 1.29 is 35.5 Å². The highest BCUT2D eigenvalue weighted by molar-refractivity contribution is 5.39. The van der Waals surface area contributed by atoms with Crippen LogP contribution < -0.4 is 4.74 Å². The van der Waals surface area contributed by atoms with E-state index in [1.54, 1.807) is 0 Å². The van der Waals surface area contributed by atoms with Gasteiger partial charge >= 0.3 is 6.36 Å². The van der Waals surface area contributed by atoms with Crippen molar-refractivity contribution in [2.75, 3.05) is 0 Å². The topological polar surface area (TPSA) is 9.23 Å². The number of fused-ring (bicyclic) bond motifs is 3. The average molecular weight is 486 g/mol.